The standard InChI is InChI=1S/C17H21F3N4O2/c1-4-11-10(2)23-24(3)15(11)22-16(26)21-9-14(25)12-7-5-6-8-13(12)17(18,19)20/h5-8,14,25H,4,9H2,1-3H3,(H2,21,22,26)/t14-/m1/s1. The third-order valence-electron chi connectivity index (χ3n) is 4.01. The van der Waals surface area contributed by atoms with E-state index < -0.39 is 23.9 Å². The molecule has 1 atom stereocenters. The van der Waals surface area contributed by atoms with Crippen LogP contribution in [0.15, 0.2) is 24.3 Å². The van der Waals surface area contributed by atoms with E-state index in [4.69, 9.17) is 0 Å². The number of aliphatic hydroxyl groups is 1. The molecule has 0 saturated carbocycles. The molecule has 1 heterocycles. The number of carbonyl (C=O) groups is 1. The van der Waals surface area contributed by atoms with E-state index >= 15 is 0 Å². The SMILES string of the molecule is CCc1c(C)nn(C)c1NC(=O)NC[C@@H](O)c1ccccc1C(F)(F)F. The molecular weight excluding hydrogens is 349 g/mol. The van der Waals surface area contributed by atoms with Crippen LogP contribution >= 0.6 is 0 Å². The van der Waals surface area contributed by atoms with Crippen molar-refractivity contribution in [2.75, 3.05) is 11.9 Å². The lowest BCUT2D eigenvalue weighted by Gasteiger charge is -2.18. The van der Waals surface area contributed by atoms with Crippen molar-refractivity contribution in [3.05, 3.63) is 46.6 Å². The molecule has 9 heteroatoms. The summed E-state index contributed by atoms with van der Waals surface area (Å²) in [5.74, 6) is 0.507. The molecule has 0 fully saturated rings. The summed E-state index contributed by atoms with van der Waals surface area (Å²) in [5.41, 5.74) is 0.436. The molecule has 0 saturated heterocycles. The zero-order valence-electron chi connectivity index (χ0n) is 14.7. The van der Waals surface area contributed by atoms with Crippen LogP contribution in [0.5, 0.6) is 0 Å². The van der Waals surface area contributed by atoms with Crippen LogP contribution in [0, 0.1) is 6.92 Å². The summed E-state index contributed by atoms with van der Waals surface area (Å²) in [5, 5.41) is 19.3. The summed E-state index contributed by atoms with van der Waals surface area (Å²) >= 11 is 0. The summed E-state index contributed by atoms with van der Waals surface area (Å²) in [6.45, 7) is 3.38. The van der Waals surface area contributed by atoms with Crippen LogP contribution in [-0.4, -0.2) is 27.5 Å². The maximum absolute atomic E-state index is 13.0. The van der Waals surface area contributed by atoms with Gasteiger partial charge in [0.2, 0.25) is 0 Å². The molecule has 6 nitrogen and oxygen atoms in total. The van der Waals surface area contributed by atoms with Gasteiger partial charge in [0.1, 0.15) is 5.82 Å². The minimum absolute atomic E-state index is 0.286. The van der Waals surface area contributed by atoms with Crippen molar-refractivity contribution in [1.29, 1.82) is 0 Å². The van der Waals surface area contributed by atoms with Crippen molar-refractivity contribution < 1.29 is 23.1 Å². The number of urea groups is 1. The number of nitrogens with zero attached hydrogens (tertiary/aromatic N) is 2. The van der Waals surface area contributed by atoms with Crippen LogP contribution in [-0.2, 0) is 19.6 Å². The summed E-state index contributed by atoms with van der Waals surface area (Å²) in [6.07, 6.45) is -5.41. The van der Waals surface area contributed by atoms with Crippen molar-refractivity contribution in [1.82, 2.24) is 15.1 Å². The lowest BCUT2D eigenvalue weighted by atomic mass is 10.0. The zero-order valence-corrected chi connectivity index (χ0v) is 14.7. The number of aromatic nitrogens is 2. The molecule has 26 heavy (non-hydrogen) atoms. The van der Waals surface area contributed by atoms with Crippen molar-refractivity contribution >= 4 is 11.8 Å². The highest BCUT2D eigenvalue weighted by Crippen LogP contribution is 2.34. The average molecular weight is 370 g/mol. The summed E-state index contributed by atoms with van der Waals surface area (Å²) < 4.78 is 40.5. The number of hydrogen-bond acceptors (Lipinski definition) is 3. The molecule has 0 spiro atoms. The highest BCUT2D eigenvalue weighted by Gasteiger charge is 2.34. The molecule has 0 bridgehead atoms. The second-order valence-electron chi connectivity index (χ2n) is 5.83. The smallest absolute Gasteiger partial charge is 0.387 e. The Morgan fingerprint density at radius 3 is 2.62 bits per heavy atom. The van der Waals surface area contributed by atoms with Gasteiger partial charge >= 0.3 is 12.2 Å². The third kappa shape index (κ3) is 4.34. The first-order valence-electron chi connectivity index (χ1n) is 8.06. The van der Waals surface area contributed by atoms with E-state index in [1.54, 1.807) is 7.05 Å². The van der Waals surface area contributed by atoms with E-state index in [2.05, 4.69) is 15.7 Å². The van der Waals surface area contributed by atoms with Crippen LogP contribution in [0.3, 0.4) is 0 Å². The van der Waals surface area contributed by atoms with Gasteiger partial charge in [0.15, 0.2) is 0 Å². The van der Waals surface area contributed by atoms with Crippen LogP contribution in [0.1, 0.15) is 35.4 Å². The number of hydrogen-bond donors (Lipinski definition) is 3. The second-order valence-corrected chi connectivity index (χ2v) is 5.83. The Kier molecular flexibility index (Phi) is 5.91. The predicted octanol–water partition coefficient (Wildman–Crippen LogP) is 3.16. The fourth-order valence-electron chi connectivity index (χ4n) is 2.78. The Morgan fingerprint density at radius 2 is 2.00 bits per heavy atom. The lowest BCUT2D eigenvalue weighted by molar-refractivity contribution is -0.139. The van der Waals surface area contributed by atoms with Gasteiger partial charge in [0, 0.05) is 19.2 Å². The number of benzene rings is 1. The number of anilines is 1. The van der Waals surface area contributed by atoms with Gasteiger partial charge in [-0.05, 0) is 25.0 Å². The van der Waals surface area contributed by atoms with Crippen LogP contribution in [0.2, 0.25) is 0 Å². The molecule has 1 aromatic heterocycles. The van der Waals surface area contributed by atoms with E-state index in [1.165, 1.54) is 22.9 Å². The minimum atomic E-state index is -4.58. The predicted molar refractivity (Wildman–Crippen MR) is 90.7 cm³/mol. The second kappa shape index (κ2) is 7.77. The Balaban J connectivity index is 2.05. The minimum Gasteiger partial charge on any atom is -0.387 e. The lowest BCUT2D eigenvalue weighted by Crippen LogP contribution is -2.33. The van der Waals surface area contributed by atoms with Gasteiger partial charge in [-0.15, -0.1) is 0 Å². The summed E-state index contributed by atoms with van der Waals surface area (Å²) in [7, 11) is 1.68. The van der Waals surface area contributed by atoms with Gasteiger partial charge in [0.05, 0.1) is 17.4 Å². The van der Waals surface area contributed by atoms with Gasteiger partial charge in [-0.1, -0.05) is 25.1 Å². The molecular formula is C17H21F3N4O2. The number of carbonyl (C=O) groups excluding carboxylic acids is 1. The molecule has 0 aliphatic rings. The van der Waals surface area contributed by atoms with E-state index in [0.29, 0.717) is 12.2 Å². The number of rotatable bonds is 5. The highest BCUT2D eigenvalue weighted by atomic mass is 19.4. The fourth-order valence-corrected chi connectivity index (χ4v) is 2.78. The zero-order chi connectivity index (χ0) is 19.5. The molecule has 2 amide bonds. The summed E-state index contributed by atoms with van der Waals surface area (Å²) in [6, 6.07) is 4.10. The first-order chi connectivity index (χ1) is 12.1. The van der Waals surface area contributed by atoms with E-state index in [1.807, 2.05) is 13.8 Å². The Bertz CT molecular complexity index is 787. The molecule has 0 aliphatic heterocycles. The molecule has 3 N–H and O–H groups in total. The van der Waals surface area contributed by atoms with Crippen LogP contribution in [0.4, 0.5) is 23.8 Å². The first-order valence-corrected chi connectivity index (χ1v) is 8.06. The van der Waals surface area contributed by atoms with E-state index in [-0.39, 0.29) is 12.1 Å². The molecule has 2 aromatic rings. The monoisotopic (exact) mass is 370 g/mol. The quantitative estimate of drug-likeness (QED) is 0.756. The number of halogens is 3. The number of aryl methyl sites for hydroxylation is 2. The number of nitrogens with one attached hydrogen (secondary N) is 2. The largest absolute Gasteiger partial charge is 0.416 e. The van der Waals surface area contributed by atoms with Gasteiger partial charge < -0.3 is 10.4 Å². The van der Waals surface area contributed by atoms with Crippen molar-refractivity contribution in [2.45, 2.75) is 32.5 Å². The number of amides is 2. The van der Waals surface area contributed by atoms with Crippen molar-refractivity contribution in [3.63, 3.8) is 0 Å². The van der Waals surface area contributed by atoms with Gasteiger partial charge in [-0.2, -0.15) is 18.3 Å². The third-order valence-corrected chi connectivity index (χ3v) is 4.01. The van der Waals surface area contributed by atoms with Gasteiger partial charge in [-0.3, -0.25) is 10.00 Å². The van der Waals surface area contributed by atoms with Crippen molar-refractivity contribution in [3.8, 4) is 0 Å². The Labute approximate surface area is 149 Å². The normalized spacial score (nSPS) is 12.7. The molecule has 2 rings (SSSR count). The van der Waals surface area contributed by atoms with Gasteiger partial charge in [-0.25, -0.2) is 4.79 Å². The molecule has 0 aliphatic carbocycles. The summed E-state index contributed by atoms with van der Waals surface area (Å²) in [4.78, 5) is 12.1. The fraction of sp³-hybridized carbons (Fsp3) is 0.412. The molecule has 0 unspecified atom stereocenters. The number of aliphatic hydroxyl groups excluding tert-OH is 1. The molecule has 1 aromatic carbocycles. The Hall–Kier alpha value is -2.55. The topological polar surface area (TPSA) is 79.2 Å². The van der Waals surface area contributed by atoms with E-state index in [9.17, 15) is 23.1 Å². The first kappa shape index (κ1) is 19.8. The maximum Gasteiger partial charge on any atom is 0.416 e. The van der Waals surface area contributed by atoms with Crippen LogP contribution in [0.25, 0.3) is 0 Å². The Morgan fingerprint density at radius 1 is 1.35 bits per heavy atom. The maximum atomic E-state index is 13.0. The molecule has 0 radical (unpaired) electrons. The highest BCUT2D eigenvalue weighted by molar-refractivity contribution is 5.89. The average Bonchev–Trinajstić information content (AvgIpc) is 2.84. The van der Waals surface area contributed by atoms with Crippen molar-refractivity contribution in [2.24, 2.45) is 7.05 Å². The van der Waals surface area contributed by atoms with Gasteiger partial charge in [0.25, 0.3) is 0 Å². The van der Waals surface area contributed by atoms with Crippen LogP contribution < -0.4 is 10.6 Å². The van der Waals surface area contributed by atoms with E-state index in [0.717, 1.165) is 17.3 Å². The molecule has 142 valence electrons. The number of alkyl halides is 3.